The van der Waals surface area contributed by atoms with Crippen molar-refractivity contribution in [1.82, 2.24) is 4.98 Å². The summed E-state index contributed by atoms with van der Waals surface area (Å²) in [6, 6.07) is 1.00. The topological polar surface area (TPSA) is 68.4 Å². The second-order valence-electron chi connectivity index (χ2n) is 3.15. The molecule has 1 heterocycles. The fourth-order valence-electron chi connectivity index (χ4n) is 1.35. The van der Waals surface area contributed by atoms with Crippen molar-refractivity contribution >= 4 is 5.97 Å². The molecular formula is C10H11F2NO4. The number of alkyl halides is 2. The first-order valence-electron chi connectivity index (χ1n) is 4.64. The van der Waals surface area contributed by atoms with E-state index in [9.17, 15) is 18.4 Å². The van der Waals surface area contributed by atoms with Gasteiger partial charge in [-0.25, -0.2) is 8.78 Å². The van der Waals surface area contributed by atoms with Gasteiger partial charge >= 0.3 is 5.97 Å². The minimum atomic E-state index is -2.91. The van der Waals surface area contributed by atoms with Crippen LogP contribution in [0.25, 0.3) is 0 Å². The summed E-state index contributed by atoms with van der Waals surface area (Å²) < 4.78 is 34.6. The minimum absolute atomic E-state index is 0.0607. The summed E-state index contributed by atoms with van der Waals surface area (Å²) in [4.78, 5) is 24.2. The molecule has 0 fully saturated rings. The highest BCUT2D eigenvalue weighted by Gasteiger charge is 2.21. The van der Waals surface area contributed by atoms with Crippen LogP contribution in [0.15, 0.2) is 10.9 Å². The van der Waals surface area contributed by atoms with Gasteiger partial charge in [-0.05, 0) is 0 Å². The Hall–Kier alpha value is -1.92. The van der Waals surface area contributed by atoms with Crippen molar-refractivity contribution in [2.45, 2.75) is 12.8 Å². The summed E-state index contributed by atoms with van der Waals surface area (Å²) in [5.41, 5.74) is -1.42. The summed E-state index contributed by atoms with van der Waals surface area (Å²) in [6.45, 7) is 0. The quantitative estimate of drug-likeness (QED) is 0.807. The van der Waals surface area contributed by atoms with E-state index < -0.39 is 30.1 Å². The highest BCUT2D eigenvalue weighted by atomic mass is 19.3. The van der Waals surface area contributed by atoms with Gasteiger partial charge in [0.05, 0.1) is 26.3 Å². The Labute approximate surface area is 95.4 Å². The van der Waals surface area contributed by atoms with Crippen LogP contribution in [0.2, 0.25) is 0 Å². The van der Waals surface area contributed by atoms with Crippen LogP contribution in [-0.2, 0) is 16.0 Å². The van der Waals surface area contributed by atoms with Crippen molar-refractivity contribution < 1.29 is 23.0 Å². The lowest BCUT2D eigenvalue weighted by atomic mass is 10.1. The molecule has 1 aromatic heterocycles. The molecule has 0 atom stereocenters. The molecule has 0 saturated carbocycles. The van der Waals surface area contributed by atoms with E-state index in [0.29, 0.717) is 0 Å². The first-order valence-corrected chi connectivity index (χ1v) is 4.64. The number of ether oxygens (including phenoxy) is 2. The van der Waals surface area contributed by atoms with Gasteiger partial charge in [-0.15, -0.1) is 0 Å². The molecule has 0 spiro atoms. The summed E-state index contributed by atoms with van der Waals surface area (Å²) in [5, 5.41) is 0. The predicted molar refractivity (Wildman–Crippen MR) is 54.3 cm³/mol. The van der Waals surface area contributed by atoms with Gasteiger partial charge in [-0.3, -0.25) is 9.59 Å². The van der Waals surface area contributed by atoms with Gasteiger partial charge < -0.3 is 14.5 Å². The molecule has 0 radical (unpaired) electrons. The number of hydrogen-bond donors (Lipinski definition) is 1. The monoisotopic (exact) mass is 247 g/mol. The molecule has 0 unspecified atom stereocenters. The number of nitrogens with one attached hydrogen (secondary N) is 1. The molecule has 0 bridgehead atoms. The van der Waals surface area contributed by atoms with E-state index in [2.05, 4.69) is 4.74 Å². The SMILES string of the molecule is COC(=O)Cc1c(OC)cc(=O)[nH]c1C(F)F. The number of methoxy groups -OCH3 is 2. The van der Waals surface area contributed by atoms with E-state index in [1.807, 2.05) is 4.98 Å². The highest BCUT2D eigenvalue weighted by Crippen LogP contribution is 2.27. The van der Waals surface area contributed by atoms with Crippen molar-refractivity contribution in [2.24, 2.45) is 0 Å². The van der Waals surface area contributed by atoms with Crippen molar-refractivity contribution in [3.63, 3.8) is 0 Å². The van der Waals surface area contributed by atoms with E-state index in [1.54, 1.807) is 0 Å². The summed E-state index contributed by atoms with van der Waals surface area (Å²) in [6.07, 6.45) is -3.30. The lowest BCUT2D eigenvalue weighted by Gasteiger charge is -2.11. The van der Waals surface area contributed by atoms with Crippen molar-refractivity contribution in [3.8, 4) is 5.75 Å². The zero-order valence-corrected chi connectivity index (χ0v) is 9.25. The Balaban J connectivity index is 3.31. The number of carbonyl (C=O) groups is 1. The third-order valence-electron chi connectivity index (χ3n) is 2.13. The maximum atomic E-state index is 12.7. The Morgan fingerprint density at radius 1 is 1.47 bits per heavy atom. The summed E-state index contributed by atoms with van der Waals surface area (Å²) in [7, 11) is 2.37. The van der Waals surface area contributed by atoms with Crippen LogP contribution in [0, 0.1) is 0 Å². The van der Waals surface area contributed by atoms with E-state index >= 15 is 0 Å². The van der Waals surface area contributed by atoms with E-state index in [-0.39, 0.29) is 11.3 Å². The van der Waals surface area contributed by atoms with Crippen LogP contribution in [-0.4, -0.2) is 25.2 Å². The normalized spacial score (nSPS) is 10.4. The van der Waals surface area contributed by atoms with Crippen LogP contribution >= 0.6 is 0 Å². The Bertz CT molecular complexity index is 470. The number of esters is 1. The zero-order valence-electron chi connectivity index (χ0n) is 9.25. The van der Waals surface area contributed by atoms with Gasteiger partial charge in [-0.2, -0.15) is 0 Å². The third-order valence-corrected chi connectivity index (χ3v) is 2.13. The maximum Gasteiger partial charge on any atom is 0.310 e. The Morgan fingerprint density at radius 3 is 2.59 bits per heavy atom. The predicted octanol–water partition coefficient (Wildman–Crippen LogP) is 1.04. The molecule has 0 aliphatic heterocycles. The lowest BCUT2D eigenvalue weighted by Crippen LogP contribution is -2.16. The molecule has 0 amide bonds. The average molecular weight is 247 g/mol. The number of H-pyrrole nitrogens is 1. The molecule has 17 heavy (non-hydrogen) atoms. The van der Waals surface area contributed by atoms with Crippen molar-refractivity contribution in [3.05, 3.63) is 27.7 Å². The molecule has 0 saturated heterocycles. The number of aromatic amines is 1. The van der Waals surface area contributed by atoms with Crippen molar-refractivity contribution in [1.29, 1.82) is 0 Å². The molecule has 1 N–H and O–H groups in total. The third kappa shape index (κ3) is 3.02. The van der Waals surface area contributed by atoms with Crippen LogP contribution < -0.4 is 10.3 Å². The first-order chi connectivity index (χ1) is 7.99. The molecule has 1 rings (SSSR count). The Morgan fingerprint density at radius 2 is 2.12 bits per heavy atom. The second-order valence-corrected chi connectivity index (χ2v) is 3.15. The van der Waals surface area contributed by atoms with Gasteiger partial charge in [0.2, 0.25) is 0 Å². The number of halogens is 2. The molecule has 0 aromatic carbocycles. The Kier molecular flexibility index (Phi) is 4.19. The van der Waals surface area contributed by atoms with E-state index in [1.165, 1.54) is 7.11 Å². The number of rotatable bonds is 4. The molecule has 5 nitrogen and oxygen atoms in total. The molecule has 1 aromatic rings. The molecular weight excluding hydrogens is 236 g/mol. The lowest BCUT2D eigenvalue weighted by molar-refractivity contribution is -0.139. The standard InChI is InChI=1S/C10H11F2NO4/c1-16-6-4-7(14)13-9(10(11)12)5(6)3-8(15)17-2/h4,10H,3H2,1-2H3,(H,13,14). The minimum Gasteiger partial charge on any atom is -0.496 e. The molecule has 94 valence electrons. The fourth-order valence-corrected chi connectivity index (χ4v) is 1.35. The second kappa shape index (κ2) is 5.42. The van der Waals surface area contributed by atoms with Gasteiger partial charge in [-0.1, -0.05) is 0 Å². The van der Waals surface area contributed by atoms with Crippen LogP contribution in [0.1, 0.15) is 17.7 Å². The number of hydrogen-bond acceptors (Lipinski definition) is 4. The van der Waals surface area contributed by atoms with Gasteiger partial charge in [0.25, 0.3) is 12.0 Å². The average Bonchev–Trinajstić information content (AvgIpc) is 2.30. The van der Waals surface area contributed by atoms with Crippen LogP contribution in [0.4, 0.5) is 8.78 Å². The number of pyridine rings is 1. The molecule has 7 heteroatoms. The zero-order chi connectivity index (χ0) is 13.0. The van der Waals surface area contributed by atoms with Crippen molar-refractivity contribution in [2.75, 3.05) is 14.2 Å². The fraction of sp³-hybridized carbons (Fsp3) is 0.400. The molecule has 0 aliphatic carbocycles. The smallest absolute Gasteiger partial charge is 0.310 e. The van der Waals surface area contributed by atoms with Crippen LogP contribution in [0.5, 0.6) is 5.75 Å². The largest absolute Gasteiger partial charge is 0.496 e. The van der Waals surface area contributed by atoms with Gasteiger partial charge in [0.15, 0.2) is 0 Å². The first kappa shape index (κ1) is 13.1. The number of aromatic nitrogens is 1. The van der Waals surface area contributed by atoms with E-state index in [4.69, 9.17) is 4.74 Å². The van der Waals surface area contributed by atoms with Gasteiger partial charge in [0, 0.05) is 11.6 Å². The highest BCUT2D eigenvalue weighted by molar-refractivity contribution is 5.73. The number of carbonyl (C=O) groups excluding carboxylic acids is 1. The van der Waals surface area contributed by atoms with Crippen LogP contribution in [0.3, 0.4) is 0 Å². The maximum absolute atomic E-state index is 12.7. The summed E-state index contributed by atoms with van der Waals surface area (Å²) in [5.74, 6) is -0.758. The molecule has 0 aliphatic rings. The van der Waals surface area contributed by atoms with Gasteiger partial charge in [0.1, 0.15) is 5.75 Å². The van der Waals surface area contributed by atoms with E-state index in [0.717, 1.165) is 13.2 Å². The summed E-state index contributed by atoms with van der Waals surface area (Å²) >= 11 is 0.